The van der Waals surface area contributed by atoms with E-state index in [0.717, 1.165) is 24.7 Å². The number of carbonyl (C=O) groups is 1. The topological polar surface area (TPSA) is 81.7 Å². The van der Waals surface area contributed by atoms with Crippen LogP contribution in [-0.2, 0) is 13.1 Å². The molecule has 2 aromatic rings. The molecule has 1 fully saturated rings. The fourth-order valence-electron chi connectivity index (χ4n) is 3.59. The number of carbonyl (C=O) groups excluding carboxylic acids is 1. The predicted molar refractivity (Wildman–Crippen MR) is 143 cm³/mol. The lowest BCUT2D eigenvalue weighted by molar-refractivity contribution is 0.0957. The van der Waals surface area contributed by atoms with E-state index in [0.29, 0.717) is 24.5 Å². The highest BCUT2D eigenvalue weighted by Crippen LogP contribution is 2.14. The van der Waals surface area contributed by atoms with Gasteiger partial charge in [0, 0.05) is 26.2 Å². The van der Waals surface area contributed by atoms with Crippen LogP contribution in [-0.4, -0.2) is 54.5 Å². The lowest BCUT2D eigenvalue weighted by atomic mass is 10.1. The Morgan fingerprint density at radius 1 is 1.06 bits per heavy atom. The number of piperidine rings is 1. The highest BCUT2D eigenvalue weighted by molar-refractivity contribution is 14.0. The van der Waals surface area contributed by atoms with Gasteiger partial charge < -0.3 is 16.0 Å². The van der Waals surface area contributed by atoms with Crippen LogP contribution in [0.2, 0.25) is 0 Å². The first kappa shape index (κ1) is 26.5. The summed E-state index contributed by atoms with van der Waals surface area (Å²) in [5.74, 6) is 0.677. The van der Waals surface area contributed by atoms with Gasteiger partial charge in [0.1, 0.15) is 4.88 Å². The molecule has 0 aliphatic carbocycles. The maximum atomic E-state index is 12.1. The van der Waals surface area contributed by atoms with Crippen LogP contribution in [0.5, 0.6) is 0 Å². The number of benzene rings is 1. The first-order valence-electron chi connectivity index (χ1n) is 11.2. The molecule has 0 radical (unpaired) electrons. The number of aryl methyl sites for hydroxylation is 1. The fraction of sp³-hybridized carbons (Fsp3) is 0.522. The lowest BCUT2D eigenvalue weighted by Gasteiger charge is -2.26. The first-order valence-corrected chi connectivity index (χ1v) is 12.0. The summed E-state index contributed by atoms with van der Waals surface area (Å²) in [7, 11) is 0. The summed E-state index contributed by atoms with van der Waals surface area (Å²) in [5.41, 5.74) is 5.02. The Morgan fingerprint density at radius 2 is 1.75 bits per heavy atom. The summed E-state index contributed by atoms with van der Waals surface area (Å²) < 4.78 is 0. The Morgan fingerprint density at radius 3 is 2.41 bits per heavy atom. The standard InChI is InChI=1S/C23H34N6OS.HI/c1-3-24-23(26-12-11-25-22(30)21-18(2)28-17-31-21)27-15-19-7-9-20(10-8-19)16-29-13-5-4-6-14-29;/h7-10,17H,3-6,11-16H2,1-2H3,(H,25,30)(H2,24,26,27);1H. The monoisotopic (exact) mass is 570 g/mol. The van der Waals surface area contributed by atoms with Crippen LogP contribution in [0, 0.1) is 6.92 Å². The highest BCUT2D eigenvalue weighted by atomic mass is 127. The van der Waals surface area contributed by atoms with Gasteiger partial charge in [0.25, 0.3) is 5.91 Å². The molecular weight excluding hydrogens is 535 g/mol. The first-order chi connectivity index (χ1) is 15.2. The molecule has 7 nitrogen and oxygen atoms in total. The van der Waals surface area contributed by atoms with Gasteiger partial charge in [-0.3, -0.25) is 9.69 Å². The smallest absolute Gasteiger partial charge is 0.263 e. The van der Waals surface area contributed by atoms with Crippen molar-refractivity contribution in [2.75, 3.05) is 32.7 Å². The van der Waals surface area contributed by atoms with Crippen LogP contribution in [0.15, 0.2) is 34.8 Å². The average molecular weight is 571 g/mol. The van der Waals surface area contributed by atoms with Gasteiger partial charge in [0.2, 0.25) is 0 Å². The van der Waals surface area contributed by atoms with Crippen LogP contribution in [0.1, 0.15) is 52.7 Å². The second kappa shape index (κ2) is 14.4. The van der Waals surface area contributed by atoms with E-state index >= 15 is 0 Å². The molecule has 0 saturated carbocycles. The zero-order valence-corrected chi connectivity index (χ0v) is 22.2. The number of thiazole rings is 1. The van der Waals surface area contributed by atoms with Gasteiger partial charge in [-0.25, -0.2) is 9.98 Å². The van der Waals surface area contributed by atoms with Crippen molar-refractivity contribution in [3.8, 4) is 0 Å². The average Bonchev–Trinajstić information content (AvgIpc) is 3.22. The molecule has 3 rings (SSSR count). The molecule has 3 N–H and O–H groups in total. The minimum absolute atomic E-state index is 0. The van der Waals surface area contributed by atoms with E-state index in [-0.39, 0.29) is 29.9 Å². The number of aliphatic imine (C=N–C) groups is 1. The summed E-state index contributed by atoms with van der Waals surface area (Å²) in [6, 6.07) is 8.78. The van der Waals surface area contributed by atoms with Crippen LogP contribution in [0.25, 0.3) is 0 Å². The fourth-order valence-corrected chi connectivity index (χ4v) is 4.31. The summed E-state index contributed by atoms with van der Waals surface area (Å²) in [6.45, 7) is 9.89. The number of guanidine groups is 1. The van der Waals surface area contributed by atoms with Gasteiger partial charge in [-0.2, -0.15) is 0 Å². The van der Waals surface area contributed by atoms with Gasteiger partial charge in [0.05, 0.1) is 17.7 Å². The number of amides is 1. The molecule has 9 heteroatoms. The van der Waals surface area contributed by atoms with Crippen LogP contribution >= 0.6 is 35.3 Å². The molecule has 1 aromatic carbocycles. The summed E-state index contributed by atoms with van der Waals surface area (Å²) >= 11 is 1.36. The van der Waals surface area contributed by atoms with E-state index in [1.54, 1.807) is 5.51 Å². The zero-order valence-electron chi connectivity index (χ0n) is 19.0. The third kappa shape index (κ3) is 8.67. The molecule has 1 aliphatic rings. The third-order valence-corrected chi connectivity index (χ3v) is 6.22. The van der Waals surface area contributed by atoms with E-state index in [1.165, 1.54) is 54.8 Å². The van der Waals surface area contributed by atoms with Gasteiger partial charge in [-0.05, 0) is 50.9 Å². The predicted octanol–water partition coefficient (Wildman–Crippen LogP) is 3.54. The van der Waals surface area contributed by atoms with Crippen molar-refractivity contribution in [2.24, 2.45) is 4.99 Å². The van der Waals surface area contributed by atoms with E-state index in [2.05, 4.69) is 55.1 Å². The van der Waals surface area contributed by atoms with Crippen molar-refractivity contribution in [2.45, 2.75) is 46.2 Å². The molecule has 2 heterocycles. The second-order valence-electron chi connectivity index (χ2n) is 7.80. The molecule has 32 heavy (non-hydrogen) atoms. The minimum Gasteiger partial charge on any atom is -0.357 e. The highest BCUT2D eigenvalue weighted by Gasteiger charge is 2.11. The van der Waals surface area contributed by atoms with Crippen molar-refractivity contribution in [3.63, 3.8) is 0 Å². The molecule has 0 bridgehead atoms. The van der Waals surface area contributed by atoms with E-state index in [4.69, 9.17) is 0 Å². The molecule has 176 valence electrons. The second-order valence-corrected chi connectivity index (χ2v) is 8.65. The molecule has 1 aromatic heterocycles. The van der Waals surface area contributed by atoms with Crippen molar-refractivity contribution in [1.82, 2.24) is 25.8 Å². The number of halogens is 1. The molecule has 0 spiro atoms. The largest absolute Gasteiger partial charge is 0.357 e. The molecular formula is C23H35IN6OS. The number of likely N-dealkylation sites (tertiary alicyclic amines) is 1. The number of nitrogens with one attached hydrogen (secondary N) is 3. The molecule has 0 unspecified atom stereocenters. The minimum atomic E-state index is -0.0756. The van der Waals surface area contributed by atoms with Crippen LogP contribution < -0.4 is 16.0 Å². The van der Waals surface area contributed by atoms with E-state index in [9.17, 15) is 4.79 Å². The Bertz CT molecular complexity index is 848. The summed E-state index contributed by atoms with van der Waals surface area (Å²) in [6.07, 6.45) is 4.01. The number of hydrogen-bond acceptors (Lipinski definition) is 5. The number of rotatable bonds is 9. The van der Waals surface area contributed by atoms with Crippen molar-refractivity contribution in [1.29, 1.82) is 0 Å². The van der Waals surface area contributed by atoms with Gasteiger partial charge in [-0.1, -0.05) is 30.7 Å². The van der Waals surface area contributed by atoms with E-state index in [1.807, 2.05) is 13.8 Å². The third-order valence-electron chi connectivity index (χ3n) is 5.30. The number of nitrogens with zero attached hydrogens (tertiary/aromatic N) is 3. The lowest BCUT2D eigenvalue weighted by Crippen LogP contribution is -2.41. The van der Waals surface area contributed by atoms with Crippen LogP contribution in [0.4, 0.5) is 0 Å². The van der Waals surface area contributed by atoms with E-state index < -0.39 is 0 Å². The normalized spacial score (nSPS) is 14.5. The van der Waals surface area contributed by atoms with Crippen molar-refractivity contribution < 1.29 is 4.79 Å². The zero-order chi connectivity index (χ0) is 21.9. The molecule has 1 aliphatic heterocycles. The van der Waals surface area contributed by atoms with Crippen molar-refractivity contribution in [3.05, 3.63) is 51.5 Å². The Labute approximate surface area is 212 Å². The van der Waals surface area contributed by atoms with Gasteiger partial charge >= 0.3 is 0 Å². The van der Waals surface area contributed by atoms with Gasteiger partial charge in [-0.15, -0.1) is 35.3 Å². The quantitative estimate of drug-likeness (QED) is 0.186. The molecule has 0 atom stereocenters. The summed E-state index contributed by atoms with van der Waals surface area (Å²) in [5, 5.41) is 9.45. The van der Waals surface area contributed by atoms with Crippen LogP contribution in [0.3, 0.4) is 0 Å². The maximum absolute atomic E-state index is 12.1. The van der Waals surface area contributed by atoms with Gasteiger partial charge in [0.15, 0.2) is 5.96 Å². The molecule has 1 saturated heterocycles. The Balaban J connectivity index is 0.00000363. The SMILES string of the molecule is CCNC(=NCc1ccc(CN2CCCCC2)cc1)NCCNC(=O)c1scnc1C.I. The van der Waals surface area contributed by atoms with Crippen molar-refractivity contribution >= 4 is 47.2 Å². The number of hydrogen-bond donors (Lipinski definition) is 3. The number of aromatic nitrogens is 1. The Kier molecular flexibility index (Phi) is 12.0. The Hall–Kier alpha value is -1.72. The molecule has 1 amide bonds. The summed E-state index contributed by atoms with van der Waals surface area (Å²) in [4.78, 5) is 24.1. The maximum Gasteiger partial charge on any atom is 0.263 e.